The van der Waals surface area contributed by atoms with E-state index in [2.05, 4.69) is 22.0 Å². The first kappa shape index (κ1) is 17.9. The van der Waals surface area contributed by atoms with Gasteiger partial charge in [0.2, 0.25) is 0 Å². The van der Waals surface area contributed by atoms with E-state index in [0.717, 1.165) is 0 Å². The van der Waals surface area contributed by atoms with Gasteiger partial charge in [0.15, 0.2) is 0 Å². The van der Waals surface area contributed by atoms with Gasteiger partial charge in [0.1, 0.15) is 11.5 Å². The van der Waals surface area contributed by atoms with Gasteiger partial charge >= 0.3 is 0 Å². The molecular formula is C19H10BrClN2O3. The Morgan fingerprint density at radius 3 is 2.65 bits per heavy atom. The number of hydrogen-bond acceptors (Lipinski definition) is 4. The number of nitriles is 1. The van der Waals surface area contributed by atoms with Crippen molar-refractivity contribution in [2.75, 3.05) is 0 Å². The number of furan rings is 1. The van der Waals surface area contributed by atoms with Crippen molar-refractivity contribution in [3.8, 4) is 17.4 Å². The predicted molar refractivity (Wildman–Crippen MR) is 103 cm³/mol. The second-order valence-electron chi connectivity index (χ2n) is 5.27. The summed E-state index contributed by atoms with van der Waals surface area (Å²) in [5, 5.41) is 20.7. The summed E-state index contributed by atoms with van der Waals surface area (Å²) in [6.45, 7) is 0. The van der Waals surface area contributed by atoms with Gasteiger partial charge in [-0.1, -0.05) is 29.8 Å². The number of allylic oxidation sites excluding steroid dienone is 1. The van der Waals surface area contributed by atoms with E-state index in [1.807, 2.05) is 0 Å². The molecule has 3 rings (SSSR count). The fourth-order valence-corrected chi connectivity index (χ4v) is 3.18. The lowest BCUT2D eigenvalue weighted by molar-refractivity contribution is -0.384. The average molecular weight is 430 g/mol. The maximum atomic E-state index is 10.8. The monoisotopic (exact) mass is 428 g/mol. The van der Waals surface area contributed by atoms with Gasteiger partial charge in [0.05, 0.1) is 16.6 Å². The van der Waals surface area contributed by atoms with Gasteiger partial charge in [-0.05, 0) is 46.3 Å². The highest BCUT2D eigenvalue weighted by Crippen LogP contribution is 2.33. The minimum Gasteiger partial charge on any atom is -0.457 e. The molecule has 0 amide bonds. The summed E-state index contributed by atoms with van der Waals surface area (Å²) in [6.07, 6.45) is 1.60. The third-order valence-corrected chi connectivity index (χ3v) is 4.61. The molecule has 0 aliphatic carbocycles. The highest BCUT2D eigenvalue weighted by atomic mass is 79.9. The third-order valence-electron chi connectivity index (χ3n) is 3.63. The van der Waals surface area contributed by atoms with E-state index in [0.29, 0.717) is 37.7 Å². The Balaban J connectivity index is 1.97. The van der Waals surface area contributed by atoms with E-state index in [-0.39, 0.29) is 5.69 Å². The molecule has 0 radical (unpaired) electrons. The minimum atomic E-state index is -0.465. The molecule has 3 aromatic rings. The standard InChI is InChI=1S/C19H10BrClN2O3/c20-17-10-13(23(24)25)5-7-16(17)19-8-6-14(26-19)9-12(11-22)15-3-1-2-4-18(15)21/h1-10H. The number of hydrogen-bond donors (Lipinski definition) is 0. The molecule has 0 unspecified atom stereocenters. The second-order valence-corrected chi connectivity index (χ2v) is 6.53. The van der Waals surface area contributed by atoms with Gasteiger partial charge in [-0.2, -0.15) is 5.26 Å². The number of benzene rings is 2. The quantitative estimate of drug-likeness (QED) is 0.275. The number of non-ortho nitro benzene ring substituents is 1. The van der Waals surface area contributed by atoms with Crippen molar-refractivity contribution in [2.45, 2.75) is 0 Å². The number of nitro benzene ring substituents is 1. The predicted octanol–water partition coefficient (Wildman–Crippen LogP) is 6.33. The zero-order chi connectivity index (χ0) is 18.7. The molecule has 0 fully saturated rings. The molecule has 0 spiro atoms. The summed E-state index contributed by atoms with van der Waals surface area (Å²) in [4.78, 5) is 10.4. The molecule has 1 aromatic heterocycles. The zero-order valence-electron chi connectivity index (χ0n) is 13.1. The summed E-state index contributed by atoms with van der Waals surface area (Å²) in [5.74, 6) is 0.996. The van der Waals surface area contributed by atoms with Crippen molar-refractivity contribution in [1.29, 1.82) is 5.26 Å². The molecule has 0 bridgehead atoms. The molecule has 5 nitrogen and oxygen atoms in total. The van der Waals surface area contributed by atoms with E-state index >= 15 is 0 Å². The number of halogens is 2. The molecule has 128 valence electrons. The van der Waals surface area contributed by atoms with Crippen LogP contribution in [0.1, 0.15) is 11.3 Å². The molecule has 26 heavy (non-hydrogen) atoms. The lowest BCUT2D eigenvalue weighted by Gasteiger charge is -2.02. The number of nitro groups is 1. The largest absolute Gasteiger partial charge is 0.457 e. The van der Waals surface area contributed by atoms with E-state index < -0.39 is 4.92 Å². The van der Waals surface area contributed by atoms with Crippen LogP contribution in [-0.2, 0) is 0 Å². The lowest BCUT2D eigenvalue weighted by Crippen LogP contribution is -1.88. The van der Waals surface area contributed by atoms with Crippen LogP contribution < -0.4 is 0 Å². The molecule has 1 heterocycles. The molecule has 0 aliphatic rings. The molecule has 7 heteroatoms. The SMILES string of the molecule is N#CC(=Cc1ccc(-c2ccc([N+](=O)[O-])cc2Br)o1)c1ccccc1Cl. The van der Waals surface area contributed by atoms with Gasteiger partial charge in [-0.15, -0.1) is 0 Å². The maximum absolute atomic E-state index is 10.8. The summed E-state index contributed by atoms with van der Waals surface area (Å²) in [7, 11) is 0. The van der Waals surface area contributed by atoms with E-state index in [1.54, 1.807) is 48.5 Å². The van der Waals surface area contributed by atoms with Crippen molar-refractivity contribution < 1.29 is 9.34 Å². The molecule has 0 N–H and O–H groups in total. The maximum Gasteiger partial charge on any atom is 0.270 e. The van der Waals surface area contributed by atoms with Crippen molar-refractivity contribution in [3.05, 3.63) is 85.5 Å². The van der Waals surface area contributed by atoms with Gasteiger partial charge in [0, 0.05) is 32.8 Å². The van der Waals surface area contributed by atoms with E-state index in [4.69, 9.17) is 16.0 Å². The van der Waals surface area contributed by atoms with Crippen LogP contribution in [0.5, 0.6) is 0 Å². The normalized spacial score (nSPS) is 11.2. The minimum absolute atomic E-state index is 0.0159. The Hall–Kier alpha value is -2.88. The molecule has 0 saturated heterocycles. The Morgan fingerprint density at radius 2 is 2.00 bits per heavy atom. The van der Waals surface area contributed by atoms with Crippen LogP contribution in [0.15, 0.2) is 63.5 Å². The Morgan fingerprint density at radius 1 is 1.23 bits per heavy atom. The summed E-state index contributed by atoms with van der Waals surface area (Å²) in [6, 6.07) is 17.1. The fraction of sp³-hybridized carbons (Fsp3) is 0. The van der Waals surface area contributed by atoms with Crippen LogP contribution in [0, 0.1) is 21.4 Å². The fourth-order valence-electron chi connectivity index (χ4n) is 2.38. The Bertz CT molecular complexity index is 1070. The third kappa shape index (κ3) is 3.69. The van der Waals surface area contributed by atoms with Crippen LogP contribution >= 0.6 is 27.5 Å². The van der Waals surface area contributed by atoms with Crippen LogP contribution in [0.4, 0.5) is 5.69 Å². The molecule has 2 aromatic carbocycles. The highest BCUT2D eigenvalue weighted by molar-refractivity contribution is 9.10. The first-order valence-electron chi connectivity index (χ1n) is 7.40. The van der Waals surface area contributed by atoms with Crippen molar-refractivity contribution in [3.63, 3.8) is 0 Å². The average Bonchev–Trinajstić information content (AvgIpc) is 3.08. The molecular weight excluding hydrogens is 420 g/mol. The van der Waals surface area contributed by atoms with Crippen LogP contribution in [0.2, 0.25) is 5.02 Å². The van der Waals surface area contributed by atoms with E-state index in [1.165, 1.54) is 12.1 Å². The summed E-state index contributed by atoms with van der Waals surface area (Å²) < 4.78 is 6.32. The van der Waals surface area contributed by atoms with Gasteiger partial charge in [0.25, 0.3) is 5.69 Å². The van der Waals surface area contributed by atoms with Crippen molar-refractivity contribution >= 4 is 44.9 Å². The lowest BCUT2D eigenvalue weighted by atomic mass is 10.1. The van der Waals surface area contributed by atoms with Gasteiger partial charge < -0.3 is 4.42 Å². The topological polar surface area (TPSA) is 80.1 Å². The highest BCUT2D eigenvalue weighted by Gasteiger charge is 2.13. The number of rotatable bonds is 4. The van der Waals surface area contributed by atoms with Crippen LogP contribution in [0.25, 0.3) is 23.0 Å². The summed E-state index contributed by atoms with van der Waals surface area (Å²) >= 11 is 9.46. The van der Waals surface area contributed by atoms with E-state index in [9.17, 15) is 15.4 Å². The molecule has 0 saturated carbocycles. The number of nitrogens with zero attached hydrogens (tertiary/aromatic N) is 2. The first-order chi connectivity index (χ1) is 12.5. The Labute approximate surface area is 162 Å². The van der Waals surface area contributed by atoms with Crippen LogP contribution in [-0.4, -0.2) is 4.92 Å². The Kier molecular flexibility index (Phi) is 5.21. The summed E-state index contributed by atoms with van der Waals surface area (Å²) in [5.41, 5.74) is 1.65. The molecule has 0 atom stereocenters. The molecule has 0 aliphatic heterocycles. The smallest absolute Gasteiger partial charge is 0.270 e. The first-order valence-corrected chi connectivity index (χ1v) is 8.57. The van der Waals surface area contributed by atoms with Gasteiger partial charge in [-0.25, -0.2) is 0 Å². The second kappa shape index (κ2) is 7.56. The van der Waals surface area contributed by atoms with Crippen molar-refractivity contribution in [1.82, 2.24) is 0 Å². The van der Waals surface area contributed by atoms with Crippen molar-refractivity contribution in [2.24, 2.45) is 0 Å². The van der Waals surface area contributed by atoms with Gasteiger partial charge in [-0.3, -0.25) is 10.1 Å². The zero-order valence-corrected chi connectivity index (χ0v) is 15.5. The van der Waals surface area contributed by atoms with Crippen LogP contribution in [0.3, 0.4) is 0 Å².